The first kappa shape index (κ1) is 16.7. The monoisotopic (exact) mass is 307 g/mol. The number of methoxy groups -OCH3 is 1. The number of amides is 2. The largest absolute Gasteiger partial charge is 0.380 e. The van der Waals surface area contributed by atoms with Crippen LogP contribution in [0.5, 0.6) is 0 Å². The van der Waals surface area contributed by atoms with Gasteiger partial charge < -0.3 is 20.1 Å². The van der Waals surface area contributed by atoms with E-state index in [1.54, 1.807) is 7.11 Å². The number of rotatable bonds is 7. The minimum Gasteiger partial charge on any atom is -0.380 e. The highest BCUT2D eigenvalue weighted by molar-refractivity contribution is 5.90. The zero-order chi connectivity index (χ0) is 15.6. The van der Waals surface area contributed by atoms with Crippen LogP contribution in [0.15, 0.2) is 24.3 Å². The predicted octanol–water partition coefficient (Wildman–Crippen LogP) is 1.68. The van der Waals surface area contributed by atoms with Gasteiger partial charge in [-0.1, -0.05) is 18.2 Å². The molecule has 0 radical (unpaired) electrons. The molecule has 1 aliphatic rings. The van der Waals surface area contributed by atoms with Gasteiger partial charge in [0.2, 0.25) is 0 Å². The van der Waals surface area contributed by atoms with E-state index in [9.17, 15) is 4.79 Å². The van der Waals surface area contributed by atoms with Gasteiger partial charge in [0, 0.05) is 38.0 Å². The van der Waals surface area contributed by atoms with Gasteiger partial charge in [0.1, 0.15) is 0 Å². The Kier molecular flexibility index (Phi) is 7.15. The topological polar surface area (TPSA) is 62.8 Å². The second-order valence-corrected chi connectivity index (χ2v) is 5.28. The van der Waals surface area contributed by atoms with E-state index in [1.165, 1.54) is 0 Å². The number of morpholine rings is 1. The Balaban J connectivity index is 1.67. The standard InChI is InChI=1S/C16H25N3O3/c1-21-13-14-5-2-3-6-15(14)18-16(20)17-7-4-8-19-9-11-22-12-10-19/h2-3,5-6H,4,7-13H2,1H3,(H2,17,18,20). The van der Waals surface area contributed by atoms with Crippen LogP contribution in [0.4, 0.5) is 10.5 Å². The van der Waals surface area contributed by atoms with Gasteiger partial charge in [0.15, 0.2) is 0 Å². The molecule has 1 aromatic rings. The molecule has 0 unspecified atom stereocenters. The van der Waals surface area contributed by atoms with E-state index < -0.39 is 0 Å². The molecule has 6 nitrogen and oxygen atoms in total. The maximum atomic E-state index is 11.9. The number of ether oxygens (including phenoxy) is 2. The van der Waals surface area contributed by atoms with Crippen molar-refractivity contribution in [1.29, 1.82) is 0 Å². The summed E-state index contributed by atoms with van der Waals surface area (Å²) in [6.07, 6.45) is 0.938. The molecule has 2 rings (SSSR count). The third-order valence-corrected chi connectivity index (χ3v) is 3.61. The number of carbonyl (C=O) groups excluding carboxylic acids is 1. The third kappa shape index (κ3) is 5.63. The summed E-state index contributed by atoms with van der Waals surface area (Å²) in [7, 11) is 1.64. The normalized spacial score (nSPS) is 15.5. The van der Waals surface area contributed by atoms with Gasteiger partial charge in [-0.3, -0.25) is 4.90 Å². The van der Waals surface area contributed by atoms with E-state index in [1.807, 2.05) is 24.3 Å². The van der Waals surface area contributed by atoms with Crippen LogP contribution in [0, 0.1) is 0 Å². The number of nitrogens with one attached hydrogen (secondary N) is 2. The average Bonchev–Trinajstić information content (AvgIpc) is 2.55. The molecule has 1 aliphatic heterocycles. The van der Waals surface area contributed by atoms with E-state index in [4.69, 9.17) is 9.47 Å². The highest BCUT2D eigenvalue weighted by Gasteiger charge is 2.10. The van der Waals surface area contributed by atoms with E-state index >= 15 is 0 Å². The number of nitrogens with zero attached hydrogens (tertiary/aromatic N) is 1. The van der Waals surface area contributed by atoms with Gasteiger partial charge in [-0.05, 0) is 19.0 Å². The minimum atomic E-state index is -0.175. The predicted molar refractivity (Wildman–Crippen MR) is 86.1 cm³/mol. The number of carbonyl (C=O) groups is 1. The average molecular weight is 307 g/mol. The molecule has 2 amide bonds. The van der Waals surface area contributed by atoms with Crippen molar-refractivity contribution in [3.63, 3.8) is 0 Å². The van der Waals surface area contributed by atoms with Crippen molar-refractivity contribution in [1.82, 2.24) is 10.2 Å². The molecule has 2 N–H and O–H groups in total. The molecule has 122 valence electrons. The maximum Gasteiger partial charge on any atom is 0.319 e. The van der Waals surface area contributed by atoms with Gasteiger partial charge in [-0.2, -0.15) is 0 Å². The van der Waals surface area contributed by atoms with Crippen LogP contribution >= 0.6 is 0 Å². The van der Waals surface area contributed by atoms with Gasteiger partial charge >= 0.3 is 6.03 Å². The zero-order valence-corrected chi connectivity index (χ0v) is 13.1. The van der Waals surface area contributed by atoms with Crippen LogP contribution < -0.4 is 10.6 Å². The summed E-state index contributed by atoms with van der Waals surface area (Å²) in [6, 6.07) is 7.47. The van der Waals surface area contributed by atoms with E-state index in [0.29, 0.717) is 13.2 Å². The lowest BCUT2D eigenvalue weighted by Gasteiger charge is -2.26. The highest BCUT2D eigenvalue weighted by Crippen LogP contribution is 2.15. The molecule has 0 aromatic heterocycles. The lowest BCUT2D eigenvalue weighted by molar-refractivity contribution is 0.0375. The Labute approximate surface area is 131 Å². The molecular formula is C16H25N3O3. The first-order valence-electron chi connectivity index (χ1n) is 7.71. The number of para-hydroxylation sites is 1. The van der Waals surface area contributed by atoms with Crippen LogP contribution in [-0.4, -0.2) is 57.4 Å². The SMILES string of the molecule is COCc1ccccc1NC(=O)NCCCN1CCOCC1. The summed E-state index contributed by atoms with van der Waals surface area (Å²) < 4.78 is 10.4. The van der Waals surface area contributed by atoms with Crippen molar-refractivity contribution in [2.24, 2.45) is 0 Å². The van der Waals surface area contributed by atoms with Crippen LogP contribution in [0.25, 0.3) is 0 Å². The molecule has 0 bridgehead atoms. The molecule has 0 spiro atoms. The van der Waals surface area contributed by atoms with Gasteiger partial charge in [-0.25, -0.2) is 4.79 Å². The highest BCUT2D eigenvalue weighted by atomic mass is 16.5. The fourth-order valence-electron chi connectivity index (χ4n) is 2.42. The first-order valence-corrected chi connectivity index (χ1v) is 7.71. The lowest BCUT2D eigenvalue weighted by atomic mass is 10.2. The van der Waals surface area contributed by atoms with E-state index in [2.05, 4.69) is 15.5 Å². The summed E-state index contributed by atoms with van der Waals surface area (Å²) in [6.45, 7) is 5.72. The van der Waals surface area contributed by atoms with Crippen LogP contribution in [0.1, 0.15) is 12.0 Å². The second kappa shape index (κ2) is 9.40. The molecule has 22 heavy (non-hydrogen) atoms. The minimum absolute atomic E-state index is 0.175. The molecule has 1 aromatic carbocycles. The van der Waals surface area contributed by atoms with Crippen LogP contribution in [0.3, 0.4) is 0 Å². The Morgan fingerprint density at radius 1 is 1.32 bits per heavy atom. The number of hydrogen-bond donors (Lipinski definition) is 2. The Hall–Kier alpha value is -1.63. The van der Waals surface area contributed by atoms with E-state index in [0.717, 1.165) is 50.5 Å². The van der Waals surface area contributed by atoms with Crippen molar-refractivity contribution in [3.05, 3.63) is 29.8 Å². The second-order valence-electron chi connectivity index (χ2n) is 5.28. The van der Waals surface area contributed by atoms with Gasteiger partial charge in [0.25, 0.3) is 0 Å². The summed E-state index contributed by atoms with van der Waals surface area (Å²) in [5, 5.41) is 5.76. The molecule has 0 atom stereocenters. The van der Waals surface area contributed by atoms with Crippen LogP contribution in [0.2, 0.25) is 0 Å². The summed E-state index contributed by atoms with van der Waals surface area (Å²) in [5.74, 6) is 0. The number of benzene rings is 1. The molecule has 1 fully saturated rings. The Morgan fingerprint density at radius 2 is 2.09 bits per heavy atom. The number of anilines is 1. The van der Waals surface area contributed by atoms with Gasteiger partial charge in [-0.15, -0.1) is 0 Å². The molecule has 0 aliphatic carbocycles. The molecule has 1 heterocycles. The summed E-state index contributed by atoms with van der Waals surface area (Å²) in [4.78, 5) is 14.3. The first-order chi connectivity index (χ1) is 10.8. The van der Waals surface area contributed by atoms with Crippen LogP contribution in [-0.2, 0) is 16.1 Å². The summed E-state index contributed by atoms with van der Waals surface area (Å²) >= 11 is 0. The third-order valence-electron chi connectivity index (χ3n) is 3.61. The van der Waals surface area contributed by atoms with Crippen molar-refractivity contribution in [2.45, 2.75) is 13.0 Å². The quantitative estimate of drug-likeness (QED) is 0.752. The van der Waals surface area contributed by atoms with Gasteiger partial charge in [0.05, 0.1) is 19.8 Å². The smallest absolute Gasteiger partial charge is 0.319 e. The number of hydrogen-bond acceptors (Lipinski definition) is 4. The van der Waals surface area contributed by atoms with E-state index in [-0.39, 0.29) is 6.03 Å². The zero-order valence-electron chi connectivity index (χ0n) is 13.1. The van der Waals surface area contributed by atoms with Crippen molar-refractivity contribution < 1.29 is 14.3 Å². The molecule has 1 saturated heterocycles. The fraction of sp³-hybridized carbons (Fsp3) is 0.562. The maximum absolute atomic E-state index is 11.9. The summed E-state index contributed by atoms with van der Waals surface area (Å²) in [5.41, 5.74) is 1.75. The lowest BCUT2D eigenvalue weighted by Crippen LogP contribution is -2.38. The van der Waals surface area contributed by atoms with Crippen molar-refractivity contribution in [3.8, 4) is 0 Å². The molecule has 6 heteroatoms. The van der Waals surface area contributed by atoms with Crippen molar-refractivity contribution in [2.75, 3.05) is 51.8 Å². The van der Waals surface area contributed by atoms with Crippen molar-refractivity contribution >= 4 is 11.7 Å². The molecular weight excluding hydrogens is 282 g/mol. The molecule has 0 saturated carbocycles. The number of urea groups is 1. The fourth-order valence-corrected chi connectivity index (χ4v) is 2.42. The Bertz CT molecular complexity index is 462. The Morgan fingerprint density at radius 3 is 2.86 bits per heavy atom.